The number of aliphatic carboxylic acids is 1. The van der Waals surface area contributed by atoms with Crippen molar-refractivity contribution < 1.29 is 14.7 Å². The van der Waals surface area contributed by atoms with Crippen LogP contribution in [0.5, 0.6) is 0 Å². The fourth-order valence-corrected chi connectivity index (χ4v) is 1.68. The van der Waals surface area contributed by atoms with Crippen LogP contribution in [0.25, 0.3) is 0 Å². The SMILES string of the molecule is CCCC[C@H](N)C(=O)N(CC(=O)O)C1CC1. The second-order valence-electron chi connectivity index (χ2n) is 4.34. The van der Waals surface area contributed by atoms with Crippen LogP contribution in [0.15, 0.2) is 0 Å². The van der Waals surface area contributed by atoms with Gasteiger partial charge in [-0.25, -0.2) is 0 Å². The molecular formula is C11H20N2O3. The van der Waals surface area contributed by atoms with Crippen molar-refractivity contribution in [1.82, 2.24) is 4.90 Å². The Labute approximate surface area is 95.6 Å². The predicted molar refractivity (Wildman–Crippen MR) is 59.9 cm³/mol. The Morgan fingerprint density at radius 3 is 2.56 bits per heavy atom. The number of nitrogens with two attached hydrogens (primary N) is 1. The van der Waals surface area contributed by atoms with E-state index >= 15 is 0 Å². The molecule has 0 aliphatic heterocycles. The van der Waals surface area contributed by atoms with Gasteiger partial charge < -0.3 is 15.7 Å². The molecule has 0 heterocycles. The molecule has 1 aliphatic carbocycles. The van der Waals surface area contributed by atoms with Crippen molar-refractivity contribution in [3.63, 3.8) is 0 Å². The number of hydrogen-bond donors (Lipinski definition) is 2. The molecule has 1 fully saturated rings. The molecule has 5 heteroatoms. The minimum Gasteiger partial charge on any atom is -0.480 e. The summed E-state index contributed by atoms with van der Waals surface area (Å²) in [6, 6.07) is -0.434. The van der Waals surface area contributed by atoms with E-state index in [1.54, 1.807) is 0 Å². The Balaban J connectivity index is 2.49. The largest absolute Gasteiger partial charge is 0.480 e. The van der Waals surface area contributed by atoms with Gasteiger partial charge in [0.1, 0.15) is 6.54 Å². The summed E-state index contributed by atoms with van der Waals surface area (Å²) in [5, 5.41) is 8.73. The molecule has 5 nitrogen and oxygen atoms in total. The maximum absolute atomic E-state index is 11.9. The van der Waals surface area contributed by atoms with E-state index in [0.717, 1.165) is 25.7 Å². The first kappa shape index (κ1) is 13.0. The van der Waals surface area contributed by atoms with Crippen molar-refractivity contribution in [2.75, 3.05) is 6.54 Å². The van der Waals surface area contributed by atoms with Gasteiger partial charge >= 0.3 is 5.97 Å². The summed E-state index contributed by atoms with van der Waals surface area (Å²) in [5.41, 5.74) is 5.76. The zero-order chi connectivity index (χ0) is 12.1. The molecule has 0 aromatic carbocycles. The Bertz CT molecular complexity index is 264. The second-order valence-corrected chi connectivity index (χ2v) is 4.34. The second kappa shape index (κ2) is 5.84. The quantitative estimate of drug-likeness (QED) is 0.667. The lowest BCUT2D eigenvalue weighted by Gasteiger charge is -2.23. The molecule has 0 radical (unpaired) electrons. The Hall–Kier alpha value is -1.10. The van der Waals surface area contributed by atoms with Crippen LogP contribution in [-0.4, -0.2) is 40.5 Å². The molecule has 0 spiro atoms. The minimum atomic E-state index is -0.969. The summed E-state index contributed by atoms with van der Waals surface area (Å²) in [6.07, 6.45) is 4.33. The van der Waals surface area contributed by atoms with Crippen molar-refractivity contribution in [3.05, 3.63) is 0 Å². The lowest BCUT2D eigenvalue weighted by molar-refractivity contribution is -0.145. The molecule has 1 rings (SSSR count). The molecule has 0 bridgehead atoms. The highest BCUT2D eigenvalue weighted by atomic mass is 16.4. The smallest absolute Gasteiger partial charge is 0.323 e. The number of carboxylic acids is 1. The molecule has 92 valence electrons. The zero-order valence-electron chi connectivity index (χ0n) is 9.69. The first-order valence-corrected chi connectivity index (χ1v) is 5.84. The first-order chi connectivity index (χ1) is 7.56. The normalized spacial score (nSPS) is 16.9. The maximum Gasteiger partial charge on any atom is 0.323 e. The predicted octanol–water partition coefficient (Wildman–Crippen LogP) is 0.580. The van der Waals surface area contributed by atoms with Crippen molar-refractivity contribution in [1.29, 1.82) is 0 Å². The first-order valence-electron chi connectivity index (χ1n) is 5.84. The number of rotatable bonds is 7. The number of carbonyl (C=O) groups excluding carboxylic acids is 1. The van der Waals surface area contributed by atoms with Gasteiger partial charge in [-0.1, -0.05) is 19.8 Å². The zero-order valence-corrected chi connectivity index (χ0v) is 9.69. The lowest BCUT2D eigenvalue weighted by atomic mass is 10.1. The number of nitrogens with zero attached hydrogens (tertiary/aromatic N) is 1. The molecule has 0 aromatic heterocycles. The molecule has 1 atom stereocenters. The maximum atomic E-state index is 11.9. The van der Waals surface area contributed by atoms with Gasteiger partial charge in [-0.3, -0.25) is 9.59 Å². The van der Waals surface area contributed by atoms with E-state index in [1.165, 1.54) is 4.90 Å². The Morgan fingerprint density at radius 2 is 2.12 bits per heavy atom. The topological polar surface area (TPSA) is 83.6 Å². The van der Waals surface area contributed by atoms with Crippen molar-refractivity contribution in [2.45, 2.75) is 51.1 Å². The summed E-state index contributed by atoms with van der Waals surface area (Å²) in [5.74, 6) is -1.18. The van der Waals surface area contributed by atoms with E-state index in [1.807, 2.05) is 6.92 Å². The van der Waals surface area contributed by atoms with Crippen LogP contribution in [0.2, 0.25) is 0 Å². The van der Waals surface area contributed by atoms with Gasteiger partial charge in [-0.15, -0.1) is 0 Å². The third kappa shape index (κ3) is 3.81. The molecule has 0 unspecified atom stereocenters. The lowest BCUT2D eigenvalue weighted by Crippen LogP contribution is -2.47. The van der Waals surface area contributed by atoms with Gasteiger partial charge in [0.05, 0.1) is 6.04 Å². The van der Waals surface area contributed by atoms with E-state index in [0.29, 0.717) is 6.42 Å². The van der Waals surface area contributed by atoms with Gasteiger partial charge in [0.25, 0.3) is 0 Å². The minimum absolute atomic E-state index is 0.108. The van der Waals surface area contributed by atoms with Crippen LogP contribution in [0.1, 0.15) is 39.0 Å². The summed E-state index contributed by atoms with van der Waals surface area (Å²) in [7, 11) is 0. The van der Waals surface area contributed by atoms with Crippen LogP contribution >= 0.6 is 0 Å². The number of hydrogen-bond acceptors (Lipinski definition) is 3. The van der Waals surface area contributed by atoms with Gasteiger partial charge in [-0.05, 0) is 19.3 Å². The Kier molecular flexibility index (Phi) is 4.73. The monoisotopic (exact) mass is 228 g/mol. The third-order valence-electron chi connectivity index (χ3n) is 2.76. The average molecular weight is 228 g/mol. The molecule has 1 aliphatic rings. The van der Waals surface area contributed by atoms with E-state index in [2.05, 4.69) is 0 Å². The molecule has 0 saturated heterocycles. The highest BCUT2D eigenvalue weighted by molar-refractivity contribution is 5.85. The van der Waals surface area contributed by atoms with Crippen LogP contribution < -0.4 is 5.73 Å². The van der Waals surface area contributed by atoms with Crippen molar-refractivity contribution in [3.8, 4) is 0 Å². The Morgan fingerprint density at radius 1 is 1.50 bits per heavy atom. The van der Waals surface area contributed by atoms with Crippen LogP contribution in [0.3, 0.4) is 0 Å². The van der Waals surface area contributed by atoms with Crippen LogP contribution in [0, 0.1) is 0 Å². The van der Waals surface area contributed by atoms with Crippen molar-refractivity contribution >= 4 is 11.9 Å². The number of carbonyl (C=O) groups is 2. The summed E-state index contributed by atoms with van der Waals surface area (Å²) in [4.78, 5) is 24.0. The van der Waals surface area contributed by atoms with E-state index in [9.17, 15) is 9.59 Å². The van der Waals surface area contributed by atoms with Gasteiger partial charge in [0.15, 0.2) is 0 Å². The molecular weight excluding hydrogens is 208 g/mol. The van der Waals surface area contributed by atoms with E-state index in [4.69, 9.17) is 10.8 Å². The fraction of sp³-hybridized carbons (Fsp3) is 0.818. The molecule has 1 amide bonds. The average Bonchev–Trinajstić information content (AvgIpc) is 3.05. The fourth-order valence-electron chi connectivity index (χ4n) is 1.68. The van der Waals surface area contributed by atoms with E-state index in [-0.39, 0.29) is 18.5 Å². The van der Waals surface area contributed by atoms with Crippen molar-refractivity contribution in [2.24, 2.45) is 5.73 Å². The van der Waals surface area contributed by atoms with Gasteiger partial charge in [-0.2, -0.15) is 0 Å². The third-order valence-corrected chi connectivity index (χ3v) is 2.76. The molecule has 16 heavy (non-hydrogen) atoms. The van der Waals surface area contributed by atoms with Gasteiger partial charge in [0, 0.05) is 6.04 Å². The van der Waals surface area contributed by atoms with Crippen LogP contribution in [-0.2, 0) is 9.59 Å². The number of carboxylic acid groups (broad SMARTS) is 1. The number of amides is 1. The summed E-state index contributed by atoms with van der Waals surface area (Å²) < 4.78 is 0. The molecule has 3 N–H and O–H groups in total. The summed E-state index contributed by atoms with van der Waals surface area (Å²) in [6.45, 7) is 1.82. The van der Waals surface area contributed by atoms with Gasteiger partial charge in [0.2, 0.25) is 5.91 Å². The standard InChI is InChI=1S/C11H20N2O3/c1-2-3-4-9(12)11(16)13(7-10(14)15)8-5-6-8/h8-9H,2-7,12H2,1H3,(H,14,15)/t9-/m0/s1. The highest BCUT2D eigenvalue weighted by Gasteiger charge is 2.35. The highest BCUT2D eigenvalue weighted by Crippen LogP contribution is 2.27. The van der Waals surface area contributed by atoms with Crippen LogP contribution in [0.4, 0.5) is 0 Å². The molecule has 0 aromatic rings. The number of unbranched alkanes of at least 4 members (excludes halogenated alkanes) is 1. The van der Waals surface area contributed by atoms with E-state index < -0.39 is 12.0 Å². The summed E-state index contributed by atoms with van der Waals surface area (Å²) >= 11 is 0. The molecule has 1 saturated carbocycles.